The van der Waals surface area contributed by atoms with E-state index in [1.807, 2.05) is 35.0 Å². The lowest BCUT2D eigenvalue weighted by atomic mass is 10.1. The van der Waals surface area contributed by atoms with Crippen molar-refractivity contribution >= 4 is 5.71 Å². The summed E-state index contributed by atoms with van der Waals surface area (Å²) in [5, 5.41) is 4.21. The van der Waals surface area contributed by atoms with E-state index in [1.54, 1.807) is 30.7 Å². The summed E-state index contributed by atoms with van der Waals surface area (Å²) in [5.74, 6) is 2.27. The number of nitrogens with zero attached hydrogens (tertiary/aromatic N) is 3. The lowest BCUT2D eigenvalue weighted by molar-refractivity contribution is 0.127. The summed E-state index contributed by atoms with van der Waals surface area (Å²) >= 11 is 0. The Hall–Kier alpha value is -3.39. The summed E-state index contributed by atoms with van der Waals surface area (Å²) < 4.78 is 15.5. The van der Waals surface area contributed by atoms with Crippen LogP contribution in [0.2, 0.25) is 0 Å². The number of oxime groups is 1. The molecule has 0 unspecified atom stereocenters. The molecular formula is C20H16FN3O. The topological polar surface area (TPSA) is 39.4 Å². The third-order valence-electron chi connectivity index (χ3n) is 3.63. The van der Waals surface area contributed by atoms with Crippen LogP contribution in [0, 0.1) is 18.2 Å². The van der Waals surface area contributed by atoms with E-state index in [4.69, 9.17) is 11.3 Å². The van der Waals surface area contributed by atoms with E-state index in [9.17, 15) is 4.39 Å². The molecule has 0 aliphatic heterocycles. The maximum atomic E-state index is 13.7. The second-order valence-electron chi connectivity index (χ2n) is 5.36. The molecule has 3 aromatic rings. The van der Waals surface area contributed by atoms with E-state index in [2.05, 4.69) is 16.1 Å². The van der Waals surface area contributed by atoms with Crippen molar-refractivity contribution in [1.29, 1.82) is 0 Å². The normalized spacial score (nSPS) is 11.1. The SMILES string of the molecule is C#Cc1ccc(C(Cn2ccnc2)=NOCc2ccccc2F)cc1. The molecule has 0 aliphatic rings. The lowest BCUT2D eigenvalue weighted by Gasteiger charge is -2.09. The molecule has 0 saturated carbocycles. The first kappa shape index (κ1) is 16.5. The van der Waals surface area contributed by atoms with Crippen LogP contribution in [0.5, 0.6) is 0 Å². The Bertz CT molecular complexity index is 893. The van der Waals surface area contributed by atoms with Gasteiger partial charge in [0.2, 0.25) is 0 Å². The molecule has 3 rings (SSSR count). The van der Waals surface area contributed by atoms with Gasteiger partial charge >= 0.3 is 0 Å². The molecule has 5 heteroatoms. The van der Waals surface area contributed by atoms with E-state index in [-0.39, 0.29) is 12.4 Å². The molecule has 0 N–H and O–H groups in total. The van der Waals surface area contributed by atoms with Crippen LogP contribution in [-0.2, 0) is 18.0 Å². The molecule has 0 spiro atoms. The Balaban J connectivity index is 1.79. The van der Waals surface area contributed by atoms with Crippen molar-refractivity contribution in [3.63, 3.8) is 0 Å². The van der Waals surface area contributed by atoms with Gasteiger partial charge in [0.05, 0.1) is 12.9 Å². The average molecular weight is 333 g/mol. The van der Waals surface area contributed by atoms with Gasteiger partial charge in [-0.05, 0) is 18.2 Å². The van der Waals surface area contributed by atoms with Crippen LogP contribution < -0.4 is 0 Å². The lowest BCUT2D eigenvalue weighted by Crippen LogP contribution is -2.11. The standard InChI is InChI=1S/C20H16FN3O/c1-2-16-7-9-17(10-8-16)20(13-24-12-11-22-15-24)23-25-14-18-5-3-4-6-19(18)21/h1,3-12,15H,13-14H2. The minimum absolute atomic E-state index is 0.0581. The Labute approximate surface area is 145 Å². The highest BCUT2D eigenvalue weighted by molar-refractivity contribution is 6.00. The summed E-state index contributed by atoms with van der Waals surface area (Å²) in [6, 6.07) is 13.9. The first-order valence-corrected chi connectivity index (χ1v) is 7.71. The zero-order valence-corrected chi connectivity index (χ0v) is 13.5. The van der Waals surface area contributed by atoms with Crippen LogP contribution in [0.25, 0.3) is 0 Å². The minimum Gasteiger partial charge on any atom is -0.391 e. The highest BCUT2D eigenvalue weighted by atomic mass is 19.1. The number of hydrogen-bond acceptors (Lipinski definition) is 3. The number of hydrogen-bond donors (Lipinski definition) is 0. The number of aromatic nitrogens is 2. The summed E-state index contributed by atoms with van der Waals surface area (Å²) in [7, 11) is 0. The van der Waals surface area contributed by atoms with Crippen LogP contribution in [0.4, 0.5) is 4.39 Å². The first-order valence-electron chi connectivity index (χ1n) is 7.71. The van der Waals surface area contributed by atoms with Gasteiger partial charge in [-0.1, -0.05) is 41.4 Å². The van der Waals surface area contributed by atoms with Crippen LogP contribution in [0.3, 0.4) is 0 Å². The smallest absolute Gasteiger partial charge is 0.145 e. The predicted molar refractivity (Wildman–Crippen MR) is 94.3 cm³/mol. The molecule has 0 saturated heterocycles. The van der Waals surface area contributed by atoms with Crippen molar-refractivity contribution in [3.05, 3.63) is 89.8 Å². The molecule has 4 nitrogen and oxygen atoms in total. The summed E-state index contributed by atoms with van der Waals surface area (Å²) in [5.41, 5.74) is 2.81. The molecule has 0 radical (unpaired) electrons. The maximum Gasteiger partial charge on any atom is 0.145 e. The third kappa shape index (κ3) is 4.33. The quantitative estimate of drug-likeness (QED) is 0.393. The summed E-state index contributed by atoms with van der Waals surface area (Å²) in [6.45, 7) is 0.537. The average Bonchev–Trinajstić information content (AvgIpc) is 3.16. The Morgan fingerprint density at radius 2 is 2.00 bits per heavy atom. The Morgan fingerprint density at radius 1 is 1.20 bits per heavy atom. The molecular weight excluding hydrogens is 317 g/mol. The van der Waals surface area contributed by atoms with Crippen LogP contribution in [-0.4, -0.2) is 15.3 Å². The molecule has 0 fully saturated rings. The molecule has 124 valence electrons. The van der Waals surface area contributed by atoms with Crippen molar-refractivity contribution in [2.45, 2.75) is 13.2 Å². The fourth-order valence-corrected chi connectivity index (χ4v) is 2.28. The Morgan fingerprint density at radius 3 is 2.68 bits per heavy atom. The predicted octanol–water partition coefficient (Wildman–Crippen LogP) is 3.62. The largest absolute Gasteiger partial charge is 0.391 e. The molecule has 1 aromatic heterocycles. The number of benzene rings is 2. The number of terminal acetylenes is 1. The van der Waals surface area contributed by atoms with Gasteiger partial charge in [0.25, 0.3) is 0 Å². The molecule has 0 amide bonds. The van der Waals surface area contributed by atoms with Gasteiger partial charge < -0.3 is 9.40 Å². The zero-order valence-electron chi connectivity index (χ0n) is 13.5. The fraction of sp³-hybridized carbons (Fsp3) is 0.100. The highest BCUT2D eigenvalue weighted by Gasteiger charge is 2.07. The summed E-state index contributed by atoms with van der Waals surface area (Å²) in [4.78, 5) is 9.42. The molecule has 2 aromatic carbocycles. The second-order valence-corrected chi connectivity index (χ2v) is 5.36. The van der Waals surface area contributed by atoms with Crippen molar-refractivity contribution in [2.75, 3.05) is 0 Å². The van der Waals surface area contributed by atoms with E-state index >= 15 is 0 Å². The van der Waals surface area contributed by atoms with Crippen LogP contribution in [0.15, 0.2) is 72.4 Å². The van der Waals surface area contributed by atoms with Crippen LogP contribution in [0.1, 0.15) is 16.7 Å². The van der Waals surface area contributed by atoms with Gasteiger partial charge in [-0.3, -0.25) is 0 Å². The molecule has 25 heavy (non-hydrogen) atoms. The molecule has 0 aliphatic carbocycles. The van der Waals surface area contributed by atoms with Gasteiger partial charge in [-0.25, -0.2) is 9.37 Å². The van der Waals surface area contributed by atoms with Crippen molar-refractivity contribution in [1.82, 2.24) is 9.55 Å². The summed E-state index contributed by atoms with van der Waals surface area (Å²) in [6.07, 6.45) is 10.6. The van der Waals surface area contributed by atoms with E-state index < -0.39 is 0 Å². The van der Waals surface area contributed by atoms with Gasteiger partial charge in [0.1, 0.15) is 18.1 Å². The number of halogens is 1. The minimum atomic E-state index is -0.313. The third-order valence-corrected chi connectivity index (χ3v) is 3.63. The maximum absolute atomic E-state index is 13.7. The number of imidazole rings is 1. The van der Waals surface area contributed by atoms with Crippen LogP contribution >= 0.6 is 0 Å². The highest BCUT2D eigenvalue weighted by Crippen LogP contribution is 2.10. The fourth-order valence-electron chi connectivity index (χ4n) is 2.28. The second kappa shape index (κ2) is 7.93. The van der Waals surface area contributed by atoms with Gasteiger partial charge in [-0.2, -0.15) is 0 Å². The van der Waals surface area contributed by atoms with Gasteiger partial charge in [0.15, 0.2) is 0 Å². The Kier molecular flexibility index (Phi) is 5.22. The molecule has 0 bridgehead atoms. The van der Waals surface area contributed by atoms with E-state index in [1.165, 1.54) is 6.07 Å². The van der Waals surface area contributed by atoms with Crippen molar-refractivity contribution < 1.29 is 9.23 Å². The van der Waals surface area contributed by atoms with Gasteiger partial charge in [-0.15, -0.1) is 6.42 Å². The van der Waals surface area contributed by atoms with Crippen molar-refractivity contribution in [2.24, 2.45) is 5.16 Å². The molecule has 0 atom stereocenters. The van der Waals surface area contributed by atoms with Gasteiger partial charge in [0, 0.05) is 29.1 Å². The van der Waals surface area contributed by atoms with E-state index in [0.29, 0.717) is 17.8 Å². The molecule has 1 heterocycles. The zero-order chi connectivity index (χ0) is 17.5. The number of rotatable bonds is 6. The van der Waals surface area contributed by atoms with Crippen molar-refractivity contribution in [3.8, 4) is 12.3 Å². The first-order chi connectivity index (χ1) is 12.3. The van der Waals surface area contributed by atoms with E-state index in [0.717, 1.165) is 11.1 Å². The monoisotopic (exact) mass is 333 g/mol.